The Kier molecular flexibility index (Phi) is 5.36. The maximum Gasteiger partial charge on any atom is 0.251 e. The van der Waals surface area contributed by atoms with Crippen LogP contribution in [0.15, 0.2) is 46.9 Å². The van der Waals surface area contributed by atoms with E-state index >= 15 is 0 Å². The summed E-state index contributed by atoms with van der Waals surface area (Å²) in [4.78, 5) is 25.2. The van der Waals surface area contributed by atoms with Crippen molar-refractivity contribution in [1.82, 2.24) is 10.2 Å². The molecule has 0 aliphatic heterocycles. The minimum Gasteiger partial charge on any atom is -0.462 e. The zero-order valence-electron chi connectivity index (χ0n) is 13.5. The highest BCUT2D eigenvalue weighted by molar-refractivity contribution is 5.94. The van der Waals surface area contributed by atoms with E-state index in [2.05, 4.69) is 5.32 Å². The highest BCUT2D eigenvalue weighted by Crippen LogP contribution is 2.10. The van der Waals surface area contributed by atoms with Gasteiger partial charge in [-0.3, -0.25) is 9.59 Å². The summed E-state index contributed by atoms with van der Waals surface area (Å²) in [5.41, 5.74) is 1.55. The van der Waals surface area contributed by atoms with Gasteiger partial charge in [0.25, 0.3) is 5.91 Å². The van der Waals surface area contributed by atoms with Crippen LogP contribution >= 0.6 is 0 Å². The maximum absolute atomic E-state index is 12.1. The van der Waals surface area contributed by atoms with Gasteiger partial charge in [0, 0.05) is 32.3 Å². The van der Waals surface area contributed by atoms with Crippen molar-refractivity contribution in [3.05, 3.63) is 65.1 Å². The lowest BCUT2D eigenvalue weighted by Crippen LogP contribution is -2.24. The molecule has 5 heteroatoms. The normalized spacial score (nSPS) is 10.7. The third kappa shape index (κ3) is 4.57. The lowest BCUT2D eigenvalue weighted by Gasteiger charge is -2.15. The van der Waals surface area contributed by atoms with Crippen LogP contribution in [0.3, 0.4) is 0 Å². The maximum atomic E-state index is 12.1. The van der Waals surface area contributed by atoms with Gasteiger partial charge in [-0.2, -0.15) is 0 Å². The average Bonchev–Trinajstić information content (AvgIpc) is 2.98. The molecule has 0 aliphatic carbocycles. The van der Waals surface area contributed by atoms with Gasteiger partial charge in [0.05, 0.1) is 0 Å². The molecular weight excluding hydrogens is 292 g/mol. The number of nitrogens with zero attached hydrogens (tertiary/aromatic N) is 1. The monoisotopic (exact) mass is 312 g/mol. The van der Waals surface area contributed by atoms with E-state index in [0.717, 1.165) is 11.3 Å². The number of amides is 2. The van der Waals surface area contributed by atoms with E-state index in [-0.39, 0.29) is 11.8 Å². The molecule has 1 aromatic carbocycles. The van der Waals surface area contributed by atoms with Crippen molar-refractivity contribution in [2.75, 3.05) is 14.1 Å². The van der Waals surface area contributed by atoms with Crippen LogP contribution in [0.1, 0.15) is 27.4 Å². The standard InChI is InChI=1S/C18H20N2O3/c1-13-4-9-16(23-13)10-11-17(21)20(3)12-14-5-7-15(8-6-14)18(22)19-2/h4-11H,12H2,1-3H3,(H,19,22)/b11-10+. The van der Waals surface area contributed by atoms with E-state index in [0.29, 0.717) is 17.9 Å². The molecule has 0 aliphatic rings. The van der Waals surface area contributed by atoms with Crippen LogP contribution in [-0.4, -0.2) is 30.8 Å². The molecule has 2 aromatic rings. The van der Waals surface area contributed by atoms with Crippen LogP contribution in [0.2, 0.25) is 0 Å². The van der Waals surface area contributed by atoms with E-state index in [1.807, 2.05) is 31.2 Å². The molecule has 0 radical (unpaired) electrons. The predicted octanol–water partition coefficient (Wildman–Crippen LogP) is 2.62. The molecule has 1 heterocycles. The van der Waals surface area contributed by atoms with E-state index < -0.39 is 0 Å². The number of likely N-dealkylation sites (N-methyl/N-ethyl adjacent to an activating group) is 1. The number of hydrogen-bond donors (Lipinski definition) is 1. The highest BCUT2D eigenvalue weighted by atomic mass is 16.3. The number of furan rings is 1. The number of aryl methyl sites for hydroxylation is 1. The number of nitrogens with one attached hydrogen (secondary N) is 1. The van der Waals surface area contributed by atoms with Gasteiger partial charge in [-0.25, -0.2) is 0 Å². The fourth-order valence-corrected chi connectivity index (χ4v) is 2.08. The van der Waals surface area contributed by atoms with Crippen molar-refractivity contribution < 1.29 is 14.0 Å². The molecule has 2 rings (SSSR count). The Morgan fingerprint density at radius 2 is 1.87 bits per heavy atom. The molecule has 1 aromatic heterocycles. The van der Waals surface area contributed by atoms with Gasteiger partial charge in [-0.1, -0.05) is 12.1 Å². The fourth-order valence-electron chi connectivity index (χ4n) is 2.08. The first-order chi connectivity index (χ1) is 11.0. The minimum atomic E-state index is -0.127. The molecule has 0 spiro atoms. The van der Waals surface area contributed by atoms with Crippen LogP contribution in [0, 0.1) is 6.92 Å². The van der Waals surface area contributed by atoms with Crippen molar-refractivity contribution in [2.45, 2.75) is 13.5 Å². The van der Waals surface area contributed by atoms with Gasteiger partial charge in [-0.05, 0) is 42.8 Å². The largest absolute Gasteiger partial charge is 0.462 e. The molecule has 0 unspecified atom stereocenters. The molecule has 120 valence electrons. The number of carbonyl (C=O) groups is 2. The number of carbonyl (C=O) groups excluding carboxylic acids is 2. The van der Waals surface area contributed by atoms with Crippen LogP contribution in [-0.2, 0) is 11.3 Å². The minimum absolute atomic E-state index is 0.116. The van der Waals surface area contributed by atoms with Crippen molar-refractivity contribution >= 4 is 17.9 Å². The zero-order valence-corrected chi connectivity index (χ0v) is 13.5. The number of rotatable bonds is 5. The van der Waals surface area contributed by atoms with Gasteiger partial charge in [-0.15, -0.1) is 0 Å². The summed E-state index contributed by atoms with van der Waals surface area (Å²) in [7, 11) is 3.32. The third-order valence-corrected chi connectivity index (χ3v) is 3.39. The third-order valence-electron chi connectivity index (χ3n) is 3.39. The molecule has 0 saturated carbocycles. The Bertz CT molecular complexity index is 714. The number of hydrogen-bond acceptors (Lipinski definition) is 3. The molecule has 0 bridgehead atoms. The molecule has 5 nitrogen and oxygen atoms in total. The molecule has 0 atom stereocenters. The summed E-state index contributed by atoms with van der Waals surface area (Å²) in [6.07, 6.45) is 3.14. The van der Waals surface area contributed by atoms with Crippen LogP contribution in [0.4, 0.5) is 0 Å². The van der Waals surface area contributed by atoms with Crippen molar-refractivity contribution in [2.24, 2.45) is 0 Å². The van der Waals surface area contributed by atoms with E-state index in [1.165, 1.54) is 6.08 Å². The Balaban J connectivity index is 1.95. The molecule has 0 fully saturated rings. The van der Waals surface area contributed by atoms with E-state index in [1.54, 1.807) is 37.2 Å². The summed E-state index contributed by atoms with van der Waals surface area (Å²) < 4.78 is 5.38. The molecular formula is C18H20N2O3. The first kappa shape index (κ1) is 16.5. The first-order valence-electron chi connectivity index (χ1n) is 7.30. The van der Waals surface area contributed by atoms with Crippen molar-refractivity contribution in [3.63, 3.8) is 0 Å². The molecule has 0 saturated heterocycles. The smallest absolute Gasteiger partial charge is 0.251 e. The van der Waals surface area contributed by atoms with Gasteiger partial charge in [0.1, 0.15) is 11.5 Å². The highest BCUT2D eigenvalue weighted by Gasteiger charge is 2.07. The second-order valence-corrected chi connectivity index (χ2v) is 5.25. The fraction of sp³-hybridized carbons (Fsp3) is 0.222. The average molecular weight is 312 g/mol. The topological polar surface area (TPSA) is 62.6 Å². The Morgan fingerprint density at radius 1 is 1.17 bits per heavy atom. The summed E-state index contributed by atoms with van der Waals surface area (Å²) >= 11 is 0. The summed E-state index contributed by atoms with van der Waals surface area (Å²) in [6.45, 7) is 2.32. The van der Waals surface area contributed by atoms with Gasteiger partial charge < -0.3 is 14.6 Å². The predicted molar refractivity (Wildman–Crippen MR) is 88.8 cm³/mol. The van der Waals surface area contributed by atoms with Gasteiger partial charge >= 0.3 is 0 Å². The van der Waals surface area contributed by atoms with E-state index in [9.17, 15) is 9.59 Å². The molecule has 1 N–H and O–H groups in total. The van der Waals surface area contributed by atoms with Gasteiger partial charge in [0.15, 0.2) is 0 Å². The Hall–Kier alpha value is -2.82. The summed E-state index contributed by atoms with van der Waals surface area (Å²) in [6, 6.07) is 10.8. The molecule has 2 amide bonds. The van der Waals surface area contributed by atoms with Crippen LogP contribution in [0.25, 0.3) is 6.08 Å². The summed E-state index contributed by atoms with van der Waals surface area (Å²) in [5.74, 6) is 1.22. The Labute approximate surface area is 135 Å². The van der Waals surface area contributed by atoms with Gasteiger partial charge in [0.2, 0.25) is 5.91 Å². The first-order valence-corrected chi connectivity index (χ1v) is 7.30. The van der Waals surface area contributed by atoms with Crippen LogP contribution < -0.4 is 5.32 Å². The number of benzene rings is 1. The quantitative estimate of drug-likeness (QED) is 0.863. The van der Waals surface area contributed by atoms with Crippen molar-refractivity contribution in [1.29, 1.82) is 0 Å². The van der Waals surface area contributed by atoms with E-state index in [4.69, 9.17) is 4.42 Å². The zero-order chi connectivity index (χ0) is 16.8. The van der Waals surface area contributed by atoms with Crippen LogP contribution in [0.5, 0.6) is 0 Å². The SMILES string of the molecule is CNC(=O)c1ccc(CN(C)C(=O)/C=C/c2ccc(C)o2)cc1. The lowest BCUT2D eigenvalue weighted by atomic mass is 10.1. The molecule has 23 heavy (non-hydrogen) atoms. The lowest BCUT2D eigenvalue weighted by molar-refractivity contribution is -0.125. The second-order valence-electron chi connectivity index (χ2n) is 5.25. The summed E-state index contributed by atoms with van der Waals surface area (Å²) in [5, 5.41) is 2.57. The van der Waals surface area contributed by atoms with Crippen molar-refractivity contribution in [3.8, 4) is 0 Å². The second kappa shape index (κ2) is 7.45. The Morgan fingerprint density at radius 3 is 2.43 bits per heavy atom.